The molecule has 1 aromatic heterocycles. The molecule has 0 amide bonds. The third-order valence-electron chi connectivity index (χ3n) is 4.07. The molecule has 4 nitrogen and oxygen atoms in total. The van der Waals surface area contributed by atoms with Crippen molar-refractivity contribution in [1.82, 2.24) is 9.88 Å². The number of anilines is 1. The predicted octanol–water partition coefficient (Wildman–Crippen LogP) is 3.52. The molecule has 1 aliphatic rings. The van der Waals surface area contributed by atoms with E-state index in [-0.39, 0.29) is 0 Å². The van der Waals surface area contributed by atoms with E-state index >= 15 is 0 Å². The molecule has 1 aliphatic heterocycles. The van der Waals surface area contributed by atoms with Crippen molar-refractivity contribution < 1.29 is 0 Å². The summed E-state index contributed by atoms with van der Waals surface area (Å²) in [4.78, 5) is 10.3. The van der Waals surface area contributed by atoms with Gasteiger partial charge >= 0.3 is 0 Å². The number of rotatable bonds is 5. The molecule has 124 valence electrons. The van der Waals surface area contributed by atoms with Crippen molar-refractivity contribution in [2.24, 2.45) is 0 Å². The lowest BCUT2D eigenvalue weighted by Crippen LogP contribution is -2.47. The second kappa shape index (κ2) is 8.39. The van der Waals surface area contributed by atoms with Crippen molar-refractivity contribution in [3.05, 3.63) is 53.2 Å². The van der Waals surface area contributed by atoms with Gasteiger partial charge in [-0.25, -0.2) is 4.98 Å². The van der Waals surface area contributed by atoms with Crippen LogP contribution in [0.1, 0.15) is 5.56 Å². The summed E-state index contributed by atoms with van der Waals surface area (Å²) < 4.78 is 0. The number of nitriles is 1. The molecule has 3 rings (SSSR count). The summed E-state index contributed by atoms with van der Waals surface area (Å²) in [5.74, 6) is 1.88. The molecular formula is C18H19ClN4S. The molecule has 1 aromatic carbocycles. The van der Waals surface area contributed by atoms with Crippen LogP contribution in [-0.4, -0.2) is 48.4 Å². The van der Waals surface area contributed by atoms with Crippen LogP contribution < -0.4 is 4.90 Å². The van der Waals surface area contributed by atoms with E-state index < -0.39 is 0 Å². The fourth-order valence-electron chi connectivity index (χ4n) is 2.74. The van der Waals surface area contributed by atoms with Crippen molar-refractivity contribution in [2.45, 2.75) is 4.90 Å². The second-order valence-corrected chi connectivity index (χ2v) is 7.22. The van der Waals surface area contributed by atoms with Gasteiger partial charge in [-0.05, 0) is 36.4 Å². The zero-order chi connectivity index (χ0) is 16.8. The van der Waals surface area contributed by atoms with Crippen LogP contribution in [0.5, 0.6) is 0 Å². The number of thioether (sulfide) groups is 1. The van der Waals surface area contributed by atoms with E-state index in [9.17, 15) is 5.26 Å². The van der Waals surface area contributed by atoms with Gasteiger partial charge in [0.1, 0.15) is 11.9 Å². The van der Waals surface area contributed by atoms with Crippen LogP contribution in [0, 0.1) is 11.3 Å². The fraction of sp³-hybridized carbons (Fsp3) is 0.333. The number of hydrogen-bond acceptors (Lipinski definition) is 5. The highest BCUT2D eigenvalue weighted by Gasteiger charge is 2.19. The molecule has 0 atom stereocenters. The Bertz CT molecular complexity index is 706. The third kappa shape index (κ3) is 4.41. The molecule has 0 saturated carbocycles. The largest absolute Gasteiger partial charge is 0.353 e. The first kappa shape index (κ1) is 17.1. The zero-order valence-corrected chi connectivity index (χ0v) is 14.9. The Morgan fingerprint density at radius 3 is 2.58 bits per heavy atom. The van der Waals surface area contributed by atoms with Gasteiger partial charge in [0.05, 0.1) is 5.56 Å². The Morgan fingerprint density at radius 1 is 1.12 bits per heavy atom. The summed E-state index contributed by atoms with van der Waals surface area (Å²) in [5, 5.41) is 9.98. The SMILES string of the molecule is N#Cc1cccnc1N1CCN(CCSc2ccc(Cl)cc2)CC1. The molecule has 2 aromatic rings. The number of pyridine rings is 1. The second-order valence-electron chi connectivity index (χ2n) is 5.62. The lowest BCUT2D eigenvalue weighted by Gasteiger charge is -2.35. The lowest BCUT2D eigenvalue weighted by atomic mass is 10.2. The van der Waals surface area contributed by atoms with Crippen LogP contribution in [0.25, 0.3) is 0 Å². The molecule has 2 heterocycles. The molecule has 0 spiro atoms. The Balaban J connectivity index is 1.45. The van der Waals surface area contributed by atoms with Gasteiger partial charge in [-0.1, -0.05) is 11.6 Å². The predicted molar refractivity (Wildman–Crippen MR) is 99.8 cm³/mol. The van der Waals surface area contributed by atoms with Gasteiger partial charge in [0.2, 0.25) is 0 Å². The molecule has 0 unspecified atom stereocenters. The Morgan fingerprint density at radius 2 is 1.88 bits per heavy atom. The molecule has 6 heteroatoms. The van der Waals surface area contributed by atoms with Gasteiger partial charge < -0.3 is 4.90 Å². The highest BCUT2D eigenvalue weighted by molar-refractivity contribution is 7.99. The van der Waals surface area contributed by atoms with Crippen LogP contribution in [-0.2, 0) is 0 Å². The first-order valence-electron chi connectivity index (χ1n) is 7.97. The Labute approximate surface area is 152 Å². The van der Waals surface area contributed by atoms with E-state index in [1.54, 1.807) is 6.20 Å². The van der Waals surface area contributed by atoms with Crippen molar-refractivity contribution in [3.63, 3.8) is 0 Å². The summed E-state index contributed by atoms with van der Waals surface area (Å²) >= 11 is 7.76. The first-order valence-corrected chi connectivity index (χ1v) is 9.33. The monoisotopic (exact) mass is 358 g/mol. The zero-order valence-electron chi connectivity index (χ0n) is 13.4. The van der Waals surface area contributed by atoms with E-state index in [0.717, 1.165) is 49.3 Å². The van der Waals surface area contributed by atoms with Gasteiger partial charge in [-0.3, -0.25) is 4.90 Å². The minimum absolute atomic E-state index is 0.657. The number of halogens is 1. The Kier molecular flexibility index (Phi) is 5.97. The maximum atomic E-state index is 9.20. The molecule has 0 bridgehead atoms. The van der Waals surface area contributed by atoms with Crippen molar-refractivity contribution in [2.75, 3.05) is 43.4 Å². The van der Waals surface area contributed by atoms with E-state index in [1.807, 2.05) is 36.0 Å². The minimum atomic E-state index is 0.657. The van der Waals surface area contributed by atoms with Crippen LogP contribution >= 0.6 is 23.4 Å². The molecule has 0 N–H and O–H groups in total. The smallest absolute Gasteiger partial charge is 0.146 e. The van der Waals surface area contributed by atoms with E-state index in [2.05, 4.69) is 33.0 Å². The average Bonchev–Trinajstić information content (AvgIpc) is 2.64. The number of nitrogens with zero attached hydrogens (tertiary/aromatic N) is 4. The van der Waals surface area contributed by atoms with E-state index in [4.69, 9.17) is 11.6 Å². The summed E-state index contributed by atoms with van der Waals surface area (Å²) in [6.45, 7) is 4.90. The number of piperazine rings is 1. The minimum Gasteiger partial charge on any atom is -0.353 e. The summed E-state index contributed by atoms with van der Waals surface area (Å²) in [6, 6.07) is 13.9. The van der Waals surface area contributed by atoms with Crippen LogP contribution in [0.2, 0.25) is 5.02 Å². The average molecular weight is 359 g/mol. The van der Waals surface area contributed by atoms with Gasteiger partial charge in [0.25, 0.3) is 0 Å². The normalized spacial score (nSPS) is 15.2. The van der Waals surface area contributed by atoms with Gasteiger partial charge in [0, 0.05) is 54.6 Å². The molecule has 0 radical (unpaired) electrons. The summed E-state index contributed by atoms with van der Waals surface area (Å²) in [7, 11) is 0. The fourth-order valence-corrected chi connectivity index (χ4v) is 3.78. The highest BCUT2D eigenvalue weighted by Crippen LogP contribution is 2.21. The van der Waals surface area contributed by atoms with Crippen molar-refractivity contribution >= 4 is 29.2 Å². The third-order valence-corrected chi connectivity index (χ3v) is 5.31. The van der Waals surface area contributed by atoms with Crippen LogP contribution in [0.15, 0.2) is 47.5 Å². The van der Waals surface area contributed by atoms with Crippen molar-refractivity contribution in [3.8, 4) is 6.07 Å². The van der Waals surface area contributed by atoms with Gasteiger partial charge in [-0.2, -0.15) is 5.26 Å². The van der Waals surface area contributed by atoms with Gasteiger partial charge in [-0.15, -0.1) is 11.8 Å². The Hall–Kier alpha value is -1.74. The quantitative estimate of drug-likeness (QED) is 0.765. The maximum absolute atomic E-state index is 9.20. The van der Waals surface area contributed by atoms with Crippen LogP contribution in [0.4, 0.5) is 5.82 Å². The summed E-state index contributed by atoms with van der Waals surface area (Å²) in [5.41, 5.74) is 0.657. The number of aromatic nitrogens is 1. The standard InChI is InChI=1S/C18H19ClN4S/c19-16-3-5-17(6-4-16)24-13-12-22-8-10-23(11-9-22)18-15(14-20)2-1-7-21-18/h1-7H,8-13H2. The van der Waals surface area contributed by atoms with Gasteiger partial charge in [0.15, 0.2) is 0 Å². The summed E-state index contributed by atoms with van der Waals surface area (Å²) in [6.07, 6.45) is 1.76. The number of benzene rings is 1. The molecule has 0 aliphatic carbocycles. The highest BCUT2D eigenvalue weighted by atomic mass is 35.5. The van der Waals surface area contributed by atoms with Crippen LogP contribution in [0.3, 0.4) is 0 Å². The molecular weight excluding hydrogens is 340 g/mol. The van der Waals surface area contributed by atoms with E-state index in [0.29, 0.717) is 5.56 Å². The topological polar surface area (TPSA) is 43.2 Å². The maximum Gasteiger partial charge on any atom is 0.146 e. The lowest BCUT2D eigenvalue weighted by molar-refractivity contribution is 0.272. The number of hydrogen-bond donors (Lipinski definition) is 0. The molecule has 1 saturated heterocycles. The first-order chi connectivity index (χ1) is 11.8. The molecule has 1 fully saturated rings. The molecule has 24 heavy (non-hydrogen) atoms. The van der Waals surface area contributed by atoms with Crippen molar-refractivity contribution in [1.29, 1.82) is 5.26 Å². The van der Waals surface area contributed by atoms with E-state index in [1.165, 1.54) is 4.90 Å².